The van der Waals surface area contributed by atoms with Crippen molar-refractivity contribution in [3.8, 4) is 5.75 Å². The fraction of sp³-hybridized carbons (Fsp3) is 0.724. The van der Waals surface area contributed by atoms with Gasteiger partial charge in [0.1, 0.15) is 0 Å². The molecule has 0 atom stereocenters. The van der Waals surface area contributed by atoms with Crippen LogP contribution in [0.25, 0.3) is 0 Å². The van der Waals surface area contributed by atoms with Gasteiger partial charge in [-0.05, 0) is 93.6 Å². The van der Waals surface area contributed by atoms with Crippen LogP contribution < -0.4 is 4.74 Å². The number of aryl methyl sites for hydroxylation is 1. The van der Waals surface area contributed by atoms with Gasteiger partial charge in [0.2, 0.25) is 5.82 Å². The SMILES string of the molecule is CCCC1CCC(/C=C/CCC2CCC(CCc3ccc(OCC)c(F)c3F)CC2)CC1. The number of halogens is 2. The molecular formula is C29H44F2O. The minimum absolute atomic E-state index is 0.0208. The zero-order chi connectivity index (χ0) is 22.8. The standard InChI is InChI=1S/C29H44F2O/c1-3-7-22-10-12-23(13-11-22)8-5-6-9-24-14-16-25(17-15-24)18-19-26-20-21-27(32-4-2)29(31)28(26)30/h5,8,20-25H,3-4,6-7,9-19H2,1-2H3/b8-5+. The summed E-state index contributed by atoms with van der Waals surface area (Å²) < 4.78 is 33.5. The van der Waals surface area contributed by atoms with Crippen molar-refractivity contribution in [3.05, 3.63) is 41.5 Å². The number of rotatable bonds is 11. The van der Waals surface area contributed by atoms with E-state index in [0.29, 0.717) is 24.5 Å². The summed E-state index contributed by atoms with van der Waals surface area (Å²) in [5, 5.41) is 0. The summed E-state index contributed by atoms with van der Waals surface area (Å²) >= 11 is 0. The first kappa shape index (κ1) is 25.2. The topological polar surface area (TPSA) is 9.23 Å². The highest BCUT2D eigenvalue weighted by atomic mass is 19.2. The van der Waals surface area contributed by atoms with Crippen molar-refractivity contribution < 1.29 is 13.5 Å². The van der Waals surface area contributed by atoms with E-state index < -0.39 is 11.6 Å². The Kier molecular flexibility index (Phi) is 10.5. The molecule has 0 bridgehead atoms. The molecule has 1 aromatic rings. The predicted octanol–water partition coefficient (Wildman–Crippen LogP) is 9.05. The van der Waals surface area contributed by atoms with Crippen LogP contribution >= 0.6 is 0 Å². The molecule has 2 aliphatic rings. The Morgan fingerprint density at radius 1 is 0.812 bits per heavy atom. The number of hydrogen-bond donors (Lipinski definition) is 0. The molecule has 0 saturated heterocycles. The zero-order valence-electron chi connectivity index (χ0n) is 20.4. The summed E-state index contributed by atoms with van der Waals surface area (Å²) in [5.41, 5.74) is 0.488. The molecule has 0 spiro atoms. The van der Waals surface area contributed by atoms with Gasteiger partial charge < -0.3 is 4.74 Å². The Morgan fingerprint density at radius 3 is 2.09 bits per heavy atom. The molecule has 0 unspecified atom stereocenters. The van der Waals surface area contributed by atoms with Crippen molar-refractivity contribution in [2.45, 2.75) is 104 Å². The van der Waals surface area contributed by atoms with Crippen molar-refractivity contribution in [1.29, 1.82) is 0 Å². The first-order chi connectivity index (χ1) is 15.6. The second-order valence-electron chi connectivity index (χ2n) is 10.3. The van der Waals surface area contributed by atoms with E-state index >= 15 is 0 Å². The summed E-state index contributed by atoms with van der Waals surface area (Å²) in [4.78, 5) is 0. The molecule has 3 rings (SSSR count). The number of benzene rings is 1. The zero-order valence-corrected chi connectivity index (χ0v) is 20.4. The van der Waals surface area contributed by atoms with Crippen molar-refractivity contribution >= 4 is 0 Å². The third-order valence-electron chi connectivity index (χ3n) is 7.95. The highest BCUT2D eigenvalue weighted by molar-refractivity contribution is 5.31. The van der Waals surface area contributed by atoms with Crippen molar-refractivity contribution in [1.82, 2.24) is 0 Å². The maximum atomic E-state index is 14.3. The van der Waals surface area contributed by atoms with Gasteiger partial charge in [0, 0.05) is 0 Å². The van der Waals surface area contributed by atoms with Crippen LogP contribution in [0.15, 0.2) is 24.3 Å². The molecule has 1 aromatic carbocycles. The Hall–Kier alpha value is -1.38. The molecule has 32 heavy (non-hydrogen) atoms. The normalized spacial score (nSPS) is 26.5. The van der Waals surface area contributed by atoms with E-state index in [4.69, 9.17) is 4.74 Å². The van der Waals surface area contributed by atoms with Gasteiger partial charge in [0.25, 0.3) is 0 Å². The van der Waals surface area contributed by atoms with Gasteiger partial charge in [0.15, 0.2) is 11.6 Å². The Labute approximate surface area is 195 Å². The van der Waals surface area contributed by atoms with Crippen LogP contribution in [0.4, 0.5) is 8.78 Å². The monoisotopic (exact) mass is 446 g/mol. The lowest BCUT2D eigenvalue weighted by Gasteiger charge is -2.28. The van der Waals surface area contributed by atoms with Gasteiger partial charge in [-0.15, -0.1) is 0 Å². The van der Waals surface area contributed by atoms with Crippen molar-refractivity contribution in [3.63, 3.8) is 0 Å². The molecular weight excluding hydrogens is 402 g/mol. The molecule has 1 nitrogen and oxygen atoms in total. The molecule has 0 aliphatic heterocycles. The van der Waals surface area contributed by atoms with Crippen LogP contribution in [-0.4, -0.2) is 6.61 Å². The van der Waals surface area contributed by atoms with Crippen LogP contribution in [0.3, 0.4) is 0 Å². The van der Waals surface area contributed by atoms with E-state index in [2.05, 4.69) is 19.1 Å². The van der Waals surface area contributed by atoms with E-state index in [9.17, 15) is 8.78 Å². The minimum Gasteiger partial charge on any atom is -0.491 e. The first-order valence-electron chi connectivity index (χ1n) is 13.4. The average Bonchev–Trinajstić information content (AvgIpc) is 2.81. The average molecular weight is 447 g/mol. The summed E-state index contributed by atoms with van der Waals surface area (Å²) in [6.45, 7) is 4.42. The van der Waals surface area contributed by atoms with Gasteiger partial charge in [-0.25, -0.2) is 4.39 Å². The Bertz CT molecular complexity index is 697. The smallest absolute Gasteiger partial charge is 0.200 e. The third kappa shape index (κ3) is 7.59. The second kappa shape index (κ2) is 13.4. The lowest BCUT2D eigenvalue weighted by molar-refractivity contribution is 0.253. The highest BCUT2D eigenvalue weighted by Gasteiger charge is 2.22. The van der Waals surface area contributed by atoms with Gasteiger partial charge in [-0.2, -0.15) is 4.39 Å². The molecule has 3 heteroatoms. The van der Waals surface area contributed by atoms with Crippen molar-refractivity contribution in [2.75, 3.05) is 6.61 Å². The fourth-order valence-corrected chi connectivity index (χ4v) is 5.90. The largest absolute Gasteiger partial charge is 0.491 e. The van der Waals surface area contributed by atoms with Crippen LogP contribution in [0.5, 0.6) is 5.75 Å². The Morgan fingerprint density at radius 2 is 1.44 bits per heavy atom. The molecule has 0 radical (unpaired) electrons. The number of allylic oxidation sites excluding steroid dienone is 2. The lowest BCUT2D eigenvalue weighted by atomic mass is 9.77. The molecule has 180 valence electrons. The predicted molar refractivity (Wildman–Crippen MR) is 130 cm³/mol. The van der Waals surface area contributed by atoms with Crippen LogP contribution in [0, 0.1) is 35.3 Å². The number of ether oxygens (including phenoxy) is 1. The van der Waals surface area contributed by atoms with Crippen LogP contribution in [-0.2, 0) is 6.42 Å². The fourth-order valence-electron chi connectivity index (χ4n) is 5.90. The molecule has 2 aliphatic carbocycles. The summed E-state index contributed by atoms with van der Waals surface area (Å²) in [6, 6.07) is 3.26. The summed E-state index contributed by atoms with van der Waals surface area (Å²) in [6.07, 6.45) is 22.5. The van der Waals surface area contributed by atoms with E-state index in [1.165, 1.54) is 77.0 Å². The molecule has 2 fully saturated rings. The van der Waals surface area contributed by atoms with E-state index in [1.54, 1.807) is 19.1 Å². The van der Waals surface area contributed by atoms with E-state index in [0.717, 1.165) is 24.2 Å². The summed E-state index contributed by atoms with van der Waals surface area (Å²) in [7, 11) is 0. The molecule has 0 aromatic heterocycles. The molecule has 0 heterocycles. The Balaban J connectivity index is 1.31. The van der Waals surface area contributed by atoms with Gasteiger partial charge >= 0.3 is 0 Å². The quantitative estimate of drug-likeness (QED) is 0.308. The molecule has 0 N–H and O–H groups in total. The number of hydrogen-bond acceptors (Lipinski definition) is 1. The maximum Gasteiger partial charge on any atom is 0.200 e. The second-order valence-corrected chi connectivity index (χ2v) is 10.3. The van der Waals surface area contributed by atoms with Crippen molar-refractivity contribution in [2.24, 2.45) is 23.7 Å². The van der Waals surface area contributed by atoms with Gasteiger partial charge in [-0.3, -0.25) is 0 Å². The van der Waals surface area contributed by atoms with Crippen LogP contribution in [0.2, 0.25) is 0 Å². The minimum atomic E-state index is -0.838. The lowest BCUT2D eigenvalue weighted by Crippen LogP contribution is -2.15. The highest BCUT2D eigenvalue weighted by Crippen LogP contribution is 2.35. The third-order valence-corrected chi connectivity index (χ3v) is 7.95. The maximum absolute atomic E-state index is 14.3. The van der Waals surface area contributed by atoms with Gasteiger partial charge in [-0.1, -0.05) is 63.7 Å². The molecule has 2 saturated carbocycles. The van der Waals surface area contributed by atoms with Crippen LogP contribution in [0.1, 0.15) is 103 Å². The van der Waals surface area contributed by atoms with E-state index in [1.807, 2.05) is 0 Å². The van der Waals surface area contributed by atoms with E-state index in [-0.39, 0.29) is 5.75 Å². The molecule has 0 amide bonds. The van der Waals surface area contributed by atoms with Gasteiger partial charge in [0.05, 0.1) is 6.61 Å². The summed E-state index contributed by atoms with van der Waals surface area (Å²) in [5.74, 6) is 1.76. The first-order valence-corrected chi connectivity index (χ1v) is 13.4.